The molecule has 20 heteroatoms. The lowest BCUT2D eigenvalue weighted by Gasteiger charge is -2.45. The molecule has 0 bridgehead atoms. The Morgan fingerprint density at radius 3 is 1.34 bits per heavy atom. The fraction of sp³-hybridized carbons (Fsp3) is 0.413. The van der Waals surface area contributed by atoms with E-state index in [4.69, 9.17) is 23.7 Å². The van der Waals surface area contributed by atoms with Gasteiger partial charge in [0, 0.05) is 50.4 Å². The number of aromatic nitrogens is 3. The van der Waals surface area contributed by atoms with E-state index in [1.54, 1.807) is 36.2 Å². The lowest BCUT2D eigenvalue weighted by atomic mass is 9.98. The van der Waals surface area contributed by atoms with Gasteiger partial charge in [-0.15, -0.1) is 0 Å². The average molecular weight is 1140 g/mol. The first-order valence-electron chi connectivity index (χ1n) is 28.8. The van der Waals surface area contributed by atoms with Gasteiger partial charge in [-0.1, -0.05) is 118 Å². The first-order valence-corrected chi connectivity index (χ1v) is 28.8. The van der Waals surface area contributed by atoms with Gasteiger partial charge in [0.05, 0.1) is 51.2 Å². The maximum Gasteiger partial charge on any atom is 0.341 e. The number of hydrogen-bond acceptors (Lipinski definition) is 13. The molecule has 0 aliphatic carbocycles. The van der Waals surface area contributed by atoms with Crippen molar-refractivity contribution in [3.63, 3.8) is 0 Å². The SMILES string of the molecule is CCCCOc1c2n(cc(C(=O)O)c1=O)[C@@H](Cc1ccccc1)[C@@H]1OCCCN1C2=O.CCCCOc1c2n(ccc1=O)[C@@H](Cc1ccccc1)[C@@H]1OCCCN1C2=O.O=C1c2c(O)c(=O)ccn2[C@@H](Cc2ccccc2)[C@@H]2OCCCN12. The lowest BCUT2D eigenvalue weighted by Crippen LogP contribution is -2.56. The molecule has 6 atom stereocenters. The molecule has 0 unspecified atom stereocenters. The van der Waals surface area contributed by atoms with Gasteiger partial charge in [-0.05, 0) is 68.1 Å². The molecule has 20 nitrogen and oxygen atoms in total. The first kappa shape index (κ1) is 57.9. The molecule has 9 heterocycles. The molecule has 3 aromatic carbocycles. The summed E-state index contributed by atoms with van der Waals surface area (Å²) in [6.45, 7) is 8.17. The van der Waals surface area contributed by atoms with Gasteiger partial charge in [0.25, 0.3) is 17.7 Å². The van der Waals surface area contributed by atoms with E-state index in [-0.39, 0.29) is 83.2 Å². The van der Waals surface area contributed by atoms with Crippen molar-refractivity contribution in [2.24, 2.45) is 0 Å². The molecule has 3 fully saturated rings. The Kier molecular flexibility index (Phi) is 18.3. The van der Waals surface area contributed by atoms with Gasteiger partial charge >= 0.3 is 5.97 Å². The molecule has 12 rings (SSSR count). The van der Waals surface area contributed by atoms with Crippen LogP contribution >= 0.6 is 0 Å². The summed E-state index contributed by atoms with van der Waals surface area (Å²) in [5.41, 5.74) is 1.85. The number of ether oxygens (including phenoxy) is 5. The number of pyridine rings is 3. The Bertz CT molecular complexity index is 3480. The van der Waals surface area contributed by atoms with Gasteiger partial charge in [0.1, 0.15) is 5.56 Å². The minimum atomic E-state index is -1.35. The smallest absolute Gasteiger partial charge is 0.341 e. The number of rotatable bonds is 15. The molecule has 436 valence electrons. The molecular formula is C63H70N6O14. The van der Waals surface area contributed by atoms with Gasteiger partial charge in [-0.2, -0.15) is 0 Å². The standard InChI is InChI=1S/C23H26N2O6.C22H26N2O4.C18H18N2O4/c1-2-3-11-30-20-18-21(27)24-10-7-12-31-22(24)17(13-15-8-5-4-6-9-15)25(18)14-16(19(20)26)23(28)29;1-2-3-13-27-20-18(25)10-12-23-17(15-16-8-5-4-6-9-16)22-24(11-7-14-28-22)21(26)19(20)23;21-14-7-9-19-13(11-12-5-2-1-3-6-12)18-20(8-4-10-24-18)17(23)15(19)16(14)22/h4-6,8-9,14,17,22H,2-3,7,10-13H2,1H3,(H,28,29);4-6,8-10,12,17,22H,2-3,7,11,13-15H2,1H3;1-3,5-7,9,13,18,22H,4,8,10-11H2/t2*17-,22-;13-,18-/m000/s1. The number of hydrogen-bond donors (Lipinski definition) is 2. The first-order chi connectivity index (χ1) is 40.4. The Balaban J connectivity index is 0.000000140. The predicted octanol–water partition coefficient (Wildman–Crippen LogP) is 7.26. The van der Waals surface area contributed by atoms with Crippen molar-refractivity contribution < 1.29 is 53.1 Å². The highest BCUT2D eigenvalue weighted by molar-refractivity contribution is 5.98. The van der Waals surface area contributed by atoms with Crippen LogP contribution in [0.4, 0.5) is 0 Å². The van der Waals surface area contributed by atoms with Crippen molar-refractivity contribution in [3.8, 4) is 17.2 Å². The summed E-state index contributed by atoms with van der Waals surface area (Å²) in [6, 6.07) is 31.9. The highest BCUT2D eigenvalue weighted by Crippen LogP contribution is 2.39. The molecule has 6 aromatic rings. The zero-order valence-electron chi connectivity index (χ0n) is 46.7. The van der Waals surface area contributed by atoms with Crippen molar-refractivity contribution >= 4 is 23.7 Å². The van der Waals surface area contributed by atoms with E-state index in [1.165, 1.54) is 18.3 Å². The number of carboxylic acid groups (broad SMARTS) is 1. The van der Waals surface area contributed by atoms with Crippen LogP contribution in [-0.4, -0.2) is 134 Å². The van der Waals surface area contributed by atoms with Crippen LogP contribution in [0.5, 0.6) is 17.2 Å². The van der Waals surface area contributed by atoms with Crippen LogP contribution in [0.15, 0.2) is 136 Å². The third kappa shape index (κ3) is 12.1. The zero-order valence-corrected chi connectivity index (χ0v) is 46.7. The maximum atomic E-state index is 13.4. The van der Waals surface area contributed by atoms with Crippen LogP contribution in [-0.2, 0) is 33.5 Å². The Hall–Kier alpha value is -8.33. The summed E-state index contributed by atoms with van der Waals surface area (Å²) in [5, 5.41) is 19.8. The second-order valence-electron chi connectivity index (χ2n) is 21.3. The maximum absolute atomic E-state index is 13.4. The number of carbonyl (C=O) groups excluding carboxylic acids is 3. The predicted molar refractivity (Wildman–Crippen MR) is 305 cm³/mol. The fourth-order valence-electron chi connectivity index (χ4n) is 11.7. The number of benzene rings is 3. The number of unbranched alkanes of at least 4 members (excludes halogenated alkanes) is 2. The number of aromatic hydroxyl groups is 1. The summed E-state index contributed by atoms with van der Waals surface area (Å²) in [4.78, 5) is 93.5. The number of amides is 3. The highest BCUT2D eigenvalue weighted by Gasteiger charge is 2.47. The second kappa shape index (κ2) is 26.3. The minimum absolute atomic E-state index is 0.0604. The van der Waals surface area contributed by atoms with Gasteiger partial charge in [-0.25, -0.2) is 4.79 Å². The Morgan fingerprint density at radius 1 is 0.518 bits per heavy atom. The Morgan fingerprint density at radius 2 is 0.904 bits per heavy atom. The van der Waals surface area contributed by atoms with Gasteiger partial charge in [0.15, 0.2) is 53.0 Å². The topological polar surface area (TPSA) is 231 Å². The largest absolute Gasteiger partial charge is 0.503 e. The molecule has 0 spiro atoms. The third-order valence-electron chi connectivity index (χ3n) is 15.8. The van der Waals surface area contributed by atoms with Crippen LogP contribution in [0.3, 0.4) is 0 Å². The summed E-state index contributed by atoms with van der Waals surface area (Å²) in [6.07, 6.45) is 10.7. The van der Waals surface area contributed by atoms with Gasteiger partial charge in [0.2, 0.25) is 16.3 Å². The summed E-state index contributed by atoms with van der Waals surface area (Å²) in [7, 11) is 0. The fourth-order valence-corrected chi connectivity index (χ4v) is 11.7. The van der Waals surface area contributed by atoms with Crippen molar-refractivity contribution in [3.05, 3.63) is 192 Å². The van der Waals surface area contributed by atoms with E-state index in [0.29, 0.717) is 83.9 Å². The lowest BCUT2D eigenvalue weighted by molar-refractivity contribution is -0.111. The molecule has 3 amide bonds. The number of carbonyl (C=O) groups is 4. The van der Waals surface area contributed by atoms with Crippen LogP contribution in [0.1, 0.15) is 135 Å². The molecule has 3 saturated heterocycles. The van der Waals surface area contributed by atoms with E-state index in [2.05, 4.69) is 19.1 Å². The normalized spacial score (nSPS) is 21.3. The molecule has 83 heavy (non-hydrogen) atoms. The molecule has 6 aliphatic rings. The molecule has 3 aromatic heterocycles. The second-order valence-corrected chi connectivity index (χ2v) is 21.3. The quantitative estimate of drug-likeness (QED) is 0.0965. The molecular weight excluding hydrogens is 1060 g/mol. The number of aromatic carboxylic acids is 1. The molecule has 2 N–H and O–H groups in total. The van der Waals surface area contributed by atoms with Crippen LogP contribution in [0.2, 0.25) is 0 Å². The van der Waals surface area contributed by atoms with Gasteiger partial charge in [-0.3, -0.25) is 28.8 Å². The zero-order chi connectivity index (χ0) is 58.1. The van der Waals surface area contributed by atoms with Crippen LogP contribution in [0, 0.1) is 0 Å². The summed E-state index contributed by atoms with van der Waals surface area (Å²) in [5.74, 6) is -2.74. The van der Waals surface area contributed by atoms with E-state index in [9.17, 15) is 43.8 Å². The minimum Gasteiger partial charge on any atom is -0.503 e. The highest BCUT2D eigenvalue weighted by atomic mass is 16.5. The van der Waals surface area contributed by atoms with Crippen molar-refractivity contribution in [1.82, 2.24) is 28.4 Å². The van der Waals surface area contributed by atoms with Crippen molar-refractivity contribution in [2.75, 3.05) is 52.7 Å². The molecule has 6 aliphatic heterocycles. The van der Waals surface area contributed by atoms with E-state index >= 15 is 0 Å². The number of fused-ring (bicyclic) bond motifs is 6. The number of carboxylic acids is 1. The van der Waals surface area contributed by atoms with Crippen molar-refractivity contribution in [2.45, 2.75) is 115 Å². The molecule has 0 saturated carbocycles. The van der Waals surface area contributed by atoms with Crippen LogP contribution in [0.25, 0.3) is 0 Å². The van der Waals surface area contributed by atoms with Gasteiger partial charge < -0.3 is 62.3 Å². The van der Waals surface area contributed by atoms with Crippen LogP contribution < -0.4 is 25.8 Å². The van der Waals surface area contributed by atoms with E-state index in [0.717, 1.165) is 48.8 Å². The monoisotopic (exact) mass is 1130 g/mol. The number of nitrogens with zero attached hydrogens (tertiary/aromatic N) is 6. The third-order valence-corrected chi connectivity index (χ3v) is 15.8. The summed E-state index contributed by atoms with van der Waals surface area (Å²) >= 11 is 0. The van der Waals surface area contributed by atoms with E-state index < -0.39 is 34.4 Å². The van der Waals surface area contributed by atoms with Crippen molar-refractivity contribution in [1.29, 1.82) is 0 Å². The van der Waals surface area contributed by atoms with E-state index in [1.807, 2.05) is 90.4 Å². The Labute approximate surface area is 479 Å². The molecule has 0 radical (unpaired) electrons. The summed E-state index contributed by atoms with van der Waals surface area (Å²) < 4.78 is 34.6. The average Bonchev–Trinajstić information content (AvgIpc) is 2.68.